The van der Waals surface area contributed by atoms with Crippen molar-refractivity contribution in [3.8, 4) is 11.5 Å². The smallest absolute Gasteiger partial charge is 0.291 e. The first-order valence-corrected chi connectivity index (χ1v) is 7.27. The van der Waals surface area contributed by atoms with Crippen molar-refractivity contribution >= 4 is 35.3 Å². The van der Waals surface area contributed by atoms with E-state index in [1.165, 1.54) is 12.5 Å². The van der Waals surface area contributed by atoms with E-state index in [0.29, 0.717) is 27.1 Å². The Morgan fingerprint density at radius 1 is 1.30 bits per heavy atom. The van der Waals surface area contributed by atoms with Crippen molar-refractivity contribution in [3.05, 3.63) is 64.0 Å². The van der Waals surface area contributed by atoms with Crippen molar-refractivity contribution in [1.29, 1.82) is 0 Å². The molecule has 1 aromatic carbocycles. The zero-order valence-electron chi connectivity index (χ0n) is 11.6. The van der Waals surface area contributed by atoms with Gasteiger partial charge in [0.1, 0.15) is 5.69 Å². The Morgan fingerprint density at radius 2 is 2.17 bits per heavy atom. The molecule has 0 bridgehead atoms. The highest BCUT2D eigenvalue weighted by molar-refractivity contribution is 6.36. The van der Waals surface area contributed by atoms with Gasteiger partial charge < -0.3 is 4.42 Å². The fourth-order valence-electron chi connectivity index (χ4n) is 1.82. The maximum Gasteiger partial charge on any atom is 0.291 e. The highest BCUT2D eigenvalue weighted by Crippen LogP contribution is 2.19. The van der Waals surface area contributed by atoms with Crippen LogP contribution in [0.15, 0.2) is 52.2 Å². The van der Waals surface area contributed by atoms with E-state index in [1.807, 2.05) is 0 Å². The Morgan fingerprint density at radius 3 is 2.91 bits per heavy atom. The molecule has 116 valence electrons. The summed E-state index contributed by atoms with van der Waals surface area (Å²) in [6.07, 6.45) is 2.97. The summed E-state index contributed by atoms with van der Waals surface area (Å²) in [5, 5.41) is 11.5. The van der Waals surface area contributed by atoms with E-state index < -0.39 is 5.91 Å². The zero-order chi connectivity index (χ0) is 16.2. The summed E-state index contributed by atoms with van der Waals surface area (Å²) < 4.78 is 5.22. The number of nitrogens with zero attached hydrogens (tertiary/aromatic N) is 2. The summed E-state index contributed by atoms with van der Waals surface area (Å²) in [6.45, 7) is 0. The molecular weight excluding hydrogens is 339 g/mol. The molecule has 0 unspecified atom stereocenters. The number of hydrazone groups is 1. The molecule has 0 saturated carbocycles. The zero-order valence-corrected chi connectivity index (χ0v) is 13.1. The lowest BCUT2D eigenvalue weighted by Gasteiger charge is -1.98. The standard InChI is InChI=1S/C15H10Cl2N4O2/c16-10-4-3-9(11(17)6-10)8-18-21-15(22)13-7-12(19-20-13)14-2-1-5-23-14/h1-8H,(H,19,20)(H,21,22)/b18-8+. The van der Waals surface area contributed by atoms with Crippen molar-refractivity contribution in [1.82, 2.24) is 15.6 Å². The molecule has 0 spiro atoms. The van der Waals surface area contributed by atoms with E-state index in [1.54, 1.807) is 36.4 Å². The Labute approximate surface area is 141 Å². The van der Waals surface area contributed by atoms with Crippen LogP contribution >= 0.6 is 23.2 Å². The van der Waals surface area contributed by atoms with Crippen LogP contribution in [0.3, 0.4) is 0 Å². The van der Waals surface area contributed by atoms with Crippen molar-refractivity contribution in [2.75, 3.05) is 0 Å². The lowest BCUT2D eigenvalue weighted by atomic mass is 10.2. The second kappa shape index (κ2) is 6.68. The summed E-state index contributed by atoms with van der Waals surface area (Å²) in [7, 11) is 0. The van der Waals surface area contributed by atoms with Crippen molar-refractivity contribution in [2.45, 2.75) is 0 Å². The number of carbonyl (C=O) groups excluding carboxylic acids is 1. The average Bonchev–Trinajstić information content (AvgIpc) is 3.20. The molecule has 0 aliphatic rings. The van der Waals surface area contributed by atoms with Crippen LogP contribution in [0.25, 0.3) is 11.5 Å². The van der Waals surface area contributed by atoms with Gasteiger partial charge in [0.25, 0.3) is 5.91 Å². The maximum atomic E-state index is 12.0. The number of nitrogens with one attached hydrogen (secondary N) is 2. The molecule has 0 atom stereocenters. The average molecular weight is 349 g/mol. The molecule has 2 N–H and O–H groups in total. The van der Waals surface area contributed by atoms with Crippen LogP contribution in [0, 0.1) is 0 Å². The summed E-state index contributed by atoms with van der Waals surface area (Å²) in [4.78, 5) is 12.0. The third kappa shape index (κ3) is 3.61. The maximum absolute atomic E-state index is 12.0. The van der Waals surface area contributed by atoms with E-state index in [0.717, 1.165) is 0 Å². The number of aromatic nitrogens is 2. The molecule has 3 rings (SSSR count). The summed E-state index contributed by atoms with van der Waals surface area (Å²) in [5.41, 5.74) is 3.80. The number of furan rings is 1. The monoisotopic (exact) mass is 348 g/mol. The summed E-state index contributed by atoms with van der Waals surface area (Å²) in [6, 6.07) is 10.0. The van der Waals surface area contributed by atoms with Gasteiger partial charge in [-0.1, -0.05) is 29.3 Å². The van der Waals surface area contributed by atoms with Gasteiger partial charge in [-0.25, -0.2) is 5.43 Å². The third-order valence-electron chi connectivity index (χ3n) is 2.93. The summed E-state index contributed by atoms with van der Waals surface area (Å²) >= 11 is 11.8. The number of hydrogen-bond acceptors (Lipinski definition) is 4. The van der Waals surface area contributed by atoms with Gasteiger partial charge in [-0.3, -0.25) is 9.89 Å². The number of hydrogen-bond donors (Lipinski definition) is 2. The Bertz CT molecular complexity index is 856. The number of halogens is 2. The van der Waals surface area contributed by atoms with E-state index in [9.17, 15) is 4.79 Å². The van der Waals surface area contributed by atoms with Crippen LogP contribution in [0.5, 0.6) is 0 Å². The molecule has 6 nitrogen and oxygen atoms in total. The molecule has 0 saturated heterocycles. The van der Waals surface area contributed by atoms with Gasteiger partial charge in [-0.15, -0.1) is 0 Å². The van der Waals surface area contributed by atoms with Crippen LogP contribution < -0.4 is 5.43 Å². The second-order valence-corrected chi connectivity index (χ2v) is 5.35. The fourth-order valence-corrected chi connectivity index (χ4v) is 2.28. The number of rotatable bonds is 4. The Balaban J connectivity index is 1.66. The third-order valence-corrected chi connectivity index (χ3v) is 3.49. The summed E-state index contributed by atoms with van der Waals surface area (Å²) in [5.74, 6) is 0.133. The van der Waals surface area contributed by atoms with Gasteiger partial charge >= 0.3 is 0 Å². The number of amides is 1. The van der Waals surface area contributed by atoms with Gasteiger partial charge in [-0.2, -0.15) is 10.2 Å². The molecule has 0 aliphatic carbocycles. The van der Waals surface area contributed by atoms with Gasteiger partial charge in [-0.05, 0) is 24.3 Å². The van der Waals surface area contributed by atoms with Gasteiger partial charge in [0.15, 0.2) is 11.5 Å². The Hall–Kier alpha value is -2.57. The number of H-pyrrole nitrogens is 1. The van der Waals surface area contributed by atoms with Gasteiger partial charge in [0, 0.05) is 16.7 Å². The predicted octanol–water partition coefficient (Wildman–Crippen LogP) is 3.74. The van der Waals surface area contributed by atoms with Crippen LogP contribution in [-0.4, -0.2) is 22.3 Å². The quantitative estimate of drug-likeness (QED) is 0.556. The van der Waals surface area contributed by atoms with E-state index in [4.69, 9.17) is 27.6 Å². The first-order chi connectivity index (χ1) is 11.1. The van der Waals surface area contributed by atoms with Crippen LogP contribution in [0.1, 0.15) is 16.1 Å². The minimum atomic E-state index is -0.458. The molecule has 3 aromatic rings. The second-order valence-electron chi connectivity index (χ2n) is 4.51. The first-order valence-electron chi connectivity index (χ1n) is 6.51. The number of aromatic amines is 1. The molecule has 8 heteroatoms. The fraction of sp³-hybridized carbons (Fsp3) is 0. The van der Waals surface area contributed by atoms with Crippen molar-refractivity contribution in [3.63, 3.8) is 0 Å². The molecule has 0 radical (unpaired) electrons. The van der Waals surface area contributed by atoms with E-state index >= 15 is 0 Å². The minimum Gasteiger partial charge on any atom is -0.463 e. The van der Waals surface area contributed by atoms with E-state index in [2.05, 4.69) is 20.7 Å². The van der Waals surface area contributed by atoms with Crippen molar-refractivity contribution in [2.24, 2.45) is 5.10 Å². The molecule has 0 aliphatic heterocycles. The lowest BCUT2D eigenvalue weighted by Crippen LogP contribution is -2.18. The normalized spacial score (nSPS) is 11.0. The molecule has 1 amide bonds. The minimum absolute atomic E-state index is 0.191. The molecule has 2 aromatic heterocycles. The van der Waals surface area contributed by atoms with Crippen LogP contribution in [0.4, 0.5) is 0 Å². The first kappa shape index (κ1) is 15.3. The molecule has 23 heavy (non-hydrogen) atoms. The van der Waals surface area contributed by atoms with Gasteiger partial charge in [0.05, 0.1) is 17.5 Å². The largest absolute Gasteiger partial charge is 0.463 e. The highest BCUT2D eigenvalue weighted by Gasteiger charge is 2.12. The van der Waals surface area contributed by atoms with Crippen LogP contribution in [-0.2, 0) is 0 Å². The topological polar surface area (TPSA) is 83.3 Å². The Kier molecular flexibility index (Phi) is 4.45. The molecule has 0 fully saturated rings. The van der Waals surface area contributed by atoms with Crippen molar-refractivity contribution < 1.29 is 9.21 Å². The number of benzene rings is 1. The number of carbonyl (C=O) groups is 1. The lowest BCUT2D eigenvalue weighted by molar-refractivity contribution is 0.0950. The van der Waals surface area contributed by atoms with Crippen LogP contribution in [0.2, 0.25) is 10.0 Å². The molecular formula is C15H10Cl2N4O2. The molecule has 2 heterocycles. The van der Waals surface area contributed by atoms with Gasteiger partial charge in [0.2, 0.25) is 0 Å². The van der Waals surface area contributed by atoms with E-state index in [-0.39, 0.29) is 5.69 Å². The SMILES string of the molecule is O=C(N/N=C/c1ccc(Cl)cc1Cl)c1cc(-c2ccco2)[nH]n1. The highest BCUT2D eigenvalue weighted by atomic mass is 35.5. The predicted molar refractivity (Wildman–Crippen MR) is 87.8 cm³/mol.